The number of amides is 1. The predicted molar refractivity (Wildman–Crippen MR) is 114 cm³/mol. The highest BCUT2D eigenvalue weighted by atomic mass is 79.9. The van der Waals surface area contributed by atoms with E-state index in [4.69, 9.17) is 21.1 Å². The molecule has 150 valence electrons. The molecule has 0 saturated carbocycles. The fourth-order valence-electron chi connectivity index (χ4n) is 3.27. The fraction of sp³-hybridized carbons (Fsp3) is 0.381. The summed E-state index contributed by atoms with van der Waals surface area (Å²) in [6.45, 7) is 6.36. The van der Waals surface area contributed by atoms with Crippen LogP contribution < -0.4 is 9.47 Å². The van der Waals surface area contributed by atoms with Gasteiger partial charge in [-0.3, -0.25) is 9.69 Å². The number of halogens is 2. The number of methoxy groups -OCH3 is 1. The number of benzene rings is 2. The molecule has 0 bridgehead atoms. The Labute approximate surface area is 179 Å². The molecule has 0 spiro atoms. The van der Waals surface area contributed by atoms with Gasteiger partial charge in [0.25, 0.3) is 5.91 Å². The minimum Gasteiger partial charge on any atom is -0.493 e. The molecular weight excluding hydrogens is 444 g/mol. The maximum Gasteiger partial charge on any atom is 0.254 e. The first-order valence-corrected chi connectivity index (χ1v) is 10.4. The van der Waals surface area contributed by atoms with Crippen LogP contribution in [0.1, 0.15) is 22.8 Å². The van der Waals surface area contributed by atoms with E-state index >= 15 is 0 Å². The van der Waals surface area contributed by atoms with Gasteiger partial charge in [0, 0.05) is 43.3 Å². The summed E-state index contributed by atoms with van der Waals surface area (Å²) in [6, 6.07) is 11.5. The molecule has 3 rings (SSSR count). The van der Waals surface area contributed by atoms with Gasteiger partial charge in [0.2, 0.25) is 0 Å². The predicted octanol–water partition coefficient (Wildman–Crippen LogP) is 4.47. The average Bonchev–Trinajstić information content (AvgIpc) is 2.71. The minimum atomic E-state index is 0.00758. The van der Waals surface area contributed by atoms with E-state index in [0.717, 1.165) is 29.1 Å². The molecule has 1 amide bonds. The number of piperazine rings is 1. The highest BCUT2D eigenvalue weighted by Gasteiger charge is 2.24. The van der Waals surface area contributed by atoms with Crippen LogP contribution in [0.3, 0.4) is 0 Å². The molecule has 1 aliphatic rings. The highest BCUT2D eigenvalue weighted by molar-refractivity contribution is 9.10. The van der Waals surface area contributed by atoms with Gasteiger partial charge in [0.15, 0.2) is 11.5 Å². The largest absolute Gasteiger partial charge is 0.493 e. The van der Waals surface area contributed by atoms with Crippen molar-refractivity contribution in [1.29, 1.82) is 0 Å². The first-order valence-electron chi connectivity index (χ1n) is 9.28. The average molecular weight is 468 g/mol. The summed E-state index contributed by atoms with van der Waals surface area (Å²) in [6.07, 6.45) is 0. The van der Waals surface area contributed by atoms with Gasteiger partial charge in [-0.15, -0.1) is 0 Å². The fourth-order valence-corrected chi connectivity index (χ4v) is 3.95. The Morgan fingerprint density at radius 2 is 1.82 bits per heavy atom. The summed E-state index contributed by atoms with van der Waals surface area (Å²) >= 11 is 9.44. The molecule has 1 heterocycles. The van der Waals surface area contributed by atoms with E-state index in [1.54, 1.807) is 19.2 Å². The monoisotopic (exact) mass is 466 g/mol. The molecule has 2 aromatic rings. The third-order valence-corrected chi connectivity index (χ3v) is 5.59. The number of ether oxygens (including phenoxy) is 2. The van der Waals surface area contributed by atoms with Crippen LogP contribution in [0.25, 0.3) is 0 Å². The molecule has 0 aromatic heterocycles. The number of carbonyl (C=O) groups is 1. The summed E-state index contributed by atoms with van der Waals surface area (Å²) in [5.74, 6) is 1.18. The first-order chi connectivity index (χ1) is 13.5. The van der Waals surface area contributed by atoms with Gasteiger partial charge in [-0.05, 0) is 52.7 Å². The Balaban J connectivity index is 1.63. The summed E-state index contributed by atoms with van der Waals surface area (Å²) in [4.78, 5) is 17.2. The molecule has 0 atom stereocenters. The lowest BCUT2D eigenvalue weighted by molar-refractivity contribution is 0.0628. The lowest BCUT2D eigenvalue weighted by atomic mass is 10.1. The number of hydrogen-bond acceptors (Lipinski definition) is 4. The lowest BCUT2D eigenvalue weighted by Gasteiger charge is -2.35. The highest BCUT2D eigenvalue weighted by Crippen LogP contribution is 2.37. The van der Waals surface area contributed by atoms with Crippen molar-refractivity contribution < 1.29 is 14.3 Å². The molecule has 1 saturated heterocycles. The smallest absolute Gasteiger partial charge is 0.254 e. The third-order valence-electron chi connectivity index (χ3n) is 4.74. The van der Waals surface area contributed by atoms with Crippen molar-refractivity contribution >= 4 is 33.4 Å². The van der Waals surface area contributed by atoms with E-state index in [0.29, 0.717) is 36.8 Å². The molecule has 0 aliphatic carbocycles. The van der Waals surface area contributed by atoms with E-state index < -0.39 is 0 Å². The summed E-state index contributed by atoms with van der Waals surface area (Å²) in [7, 11) is 1.58. The minimum absolute atomic E-state index is 0.00758. The molecule has 2 aromatic carbocycles. The third kappa shape index (κ3) is 4.99. The summed E-state index contributed by atoms with van der Waals surface area (Å²) < 4.78 is 11.7. The number of nitrogens with zero attached hydrogens (tertiary/aromatic N) is 2. The Morgan fingerprint density at radius 1 is 1.14 bits per heavy atom. The van der Waals surface area contributed by atoms with Crippen LogP contribution in [0.2, 0.25) is 5.02 Å². The maximum absolute atomic E-state index is 13.0. The molecule has 7 heteroatoms. The van der Waals surface area contributed by atoms with Crippen molar-refractivity contribution in [2.45, 2.75) is 13.5 Å². The van der Waals surface area contributed by atoms with Crippen molar-refractivity contribution in [3.63, 3.8) is 0 Å². The van der Waals surface area contributed by atoms with Crippen LogP contribution in [-0.2, 0) is 6.54 Å². The van der Waals surface area contributed by atoms with Crippen molar-refractivity contribution in [2.24, 2.45) is 0 Å². The molecule has 1 aliphatic heterocycles. The van der Waals surface area contributed by atoms with Crippen LogP contribution in [0.5, 0.6) is 11.5 Å². The van der Waals surface area contributed by atoms with Crippen molar-refractivity contribution in [1.82, 2.24) is 9.80 Å². The van der Waals surface area contributed by atoms with Crippen molar-refractivity contribution in [3.05, 3.63) is 57.0 Å². The number of carbonyl (C=O) groups excluding carboxylic acids is 1. The second kappa shape index (κ2) is 9.63. The molecule has 1 fully saturated rings. The van der Waals surface area contributed by atoms with Crippen LogP contribution in [0.4, 0.5) is 0 Å². The van der Waals surface area contributed by atoms with E-state index in [1.807, 2.05) is 36.1 Å². The van der Waals surface area contributed by atoms with Crippen LogP contribution >= 0.6 is 27.5 Å². The Kier molecular flexibility index (Phi) is 7.21. The topological polar surface area (TPSA) is 42.0 Å². The molecule has 28 heavy (non-hydrogen) atoms. The second-order valence-electron chi connectivity index (χ2n) is 6.62. The maximum atomic E-state index is 13.0. The van der Waals surface area contributed by atoms with E-state index in [9.17, 15) is 4.79 Å². The molecular formula is C21H24BrClN2O3. The van der Waals surface area contributed by atoms with Gasteiger partial charge >= 0.3 is 0 Å². The van der Waals surface area contributed by atoms with Gasteiger partial charge < -0.3 is 14.4 Å². The van der Waals surface area contributed by atoms with Crippen LogP contribution in [0, 0.1) is 0 Å². The zero-order valence-corrected chi connectivity index (χ0v) is 18.4. The van der Waals surface area contributed by atoms with Crippen LogP contribution in [-0.4, -0.2) is 55.6 Å². The first kappa shape index (κ1) is 21.0. The van der Waals surface area contributed by atoms with Gasteiger partial charge in [-0.1, -0.05) is 23.7 Å². The summed E-state index contributed by atoms with van der Waals surface area (Å²) in [5, 5.41) is 0.746. The standard InChI is InChI=1S/C21H24BrClN2O3/c1-3-28-20-18(22)12-16(13-19(20)27-2)21(26)25-10-8-24(9-11-25)14-15-4-6-17(23)7-5-15/h4-7,12-13H,3,8-11,14H2,1-2H3. The van der Waals surface area contributed by atoms with Crippen molar-refractivity contribution in [2.75, 3.05) is 39.9 Å². The molecule has 0 radical (unpaired) electrons. The number of rotatable bonds is 6. The number of hydrogen-bond donors (Lipinski definition) is 0. The Hall–Kier alpha value is -1.76. The molecule has 0 N–H and O–H groups in total. The van der Waals surface area contributed by atoms with Crippen molar-refractivity contribution in [3.8, 4) is 11.5 Å². The quantitative estimate of drug-likeness (QED) is 0.629. The second-order valence-corrected chi connectivity index (χ2v) is 7.91. The van der Waals surface area contributed by atoms with Crippen LogP contribution in [0.15, 0.2) is 40.9 Å². The van der Waals surface area contributed by atoms with Gasteiger partial charge in [-0.2, -0.15) is 0 Å². The van der Waals surface area contributed by atoms with Gasteiger partial charge in [0.05, 0.1) is 18.2 Å². The van der Waals surface area contributed by atoms with E-state index in [-0.39, 0.29) is 5.91 Å². The zero-order valence-electron chi connectivity index (χ0n) is 16.1. The molecule has 0 unspecified atom stereocenters. The zero-order chi connectivity index (χ0) is 20.1. The van der Waals surface area contributed by atoms with Gasteiger partial charge in [-0.25, -0.2) is 0 Å². The van der Waals surface area contributed by atoms with Gasteiger partial charge in [0.1, 0.15) is 0 Å². The van der Waals surface area contributed by atoms with E-state index in [2.05, 4.69) is 20.8 Å². The lowest BCUT2D eigenvalue weighted by Crippen LogP contribution is -2.48. The molecule has 5 nitrogen and oxygen atoms in total. The normalized spacial score (nSPS) is 14.8. The SMILES string of the molecule is CCOc1c(Br)cc(C(=O)N2CCN(Cc3ccc(Cl)cc3)CC2)cc1OC. The summed E-state index contributed by atoms with van der Waals surface area (Å²) in [5.41, 5.74) is 1.82. The van der Waals surface area contributed by atoms with E-state index in [1.165, 1.54) is 5.56 Å². The Bertz CT molecular complexity index is 821. The Morgan fingerprint density at radius 3 is 2.43 bits per heavy atom.